The Bertz CT molecular complexity index is 895. The highest BCUT2D eigenvalue weighted by Gasteiger charge is 2.18. The van der Waals surface area contributed by atoms with Crippen molar-refractivity contribution in [3.63, 3.8) is 0 Å². The van der Waals surface area contributed by atoms with Crippen molar-refractivity contribution in [3.8, 4) is 0 Å². The molecular weight excluding hydrogens is 397 g/mol. The van der Waals surface area contributed by atoms with Gasteiger partial charge in [0.2, 0.25) is 5.91 Å². The van der Waals surface area contributed by atoms with E-state index in [0.717, 1.165) is 30.6 Å². The Kier molecular flexibility index (Phi) is 8.18. The van der Waals surface area contributed by atoms with E-state index in [1.54, 1.807) is 23.1 Å². The summed E-state index contributed by atoms with van der Waals surface area (Å²) in [5.41, 5.74) is 2.23. The van der Waals surface area contributed by atoms with Crippen molar-refractivity contribution in [2.24, 2.45) is 0 Å². The van der Waals surface area contributed by atoms with Crippen LogP contribution in [0.25, 0.3) is 0 Å². The number of halogens is 1. The normalized spacial score (nSPS) is 15.3. The van der Waals surface area contributed by atoms with E-state index in [1.807, 2.05) is 24.3 Å². The molecule has 164 valence electrons. The van der Waals surface area contributed by atoms with Crippen LogP contribution in [0.1, 0.15) is 24.0 Å². The Hall–Kier alpha value is -3.19. The molecular formula is C24H28FN3O3. The fourth-order valence-corrected chi connectivity index (χ4v) is 3.42. The first-order chi connectivity index (χ1) is 15.0. The van der Waals surface area contributed by atoms with Gasteiger partial charge in [0.25, 0.3) is 0 Å². The van der Waals surface area contributed by atoms with E-state index in [1.165, 1.54) is 12.1 Å². The number of carbonyl (C=O) groups excluding carboxylic acids is 2. The van der Waals surface area contributed by atoms with Gasteiger partial charge in [-0.3, -0.25) is 9.69 Å². The molecule has 0 bridgehead atoms. The van der Waals surface area contributed by atoms with E-state index < -0.39 is 0 Å². The van der Waals surface area contributed by atoms with Gasteiger partial charge >= 0.3 is 6.03 Å². The van der Waals surface area contributed by atoms with Gasteiger partial charge in [-0.25, -0.2) is 9.18 Å². The Morgan fingerprint density at radius 1 is 1.16 bits per heavy atom. The van der Waals surface area contributed by atoms with Crippen molar-refractivity contribution in [1.29, 1.82) is 0 Å². The fraction of sp³-hybridized carbons (Fsp3) is 0.333. The van der Waals surface area contributed by atoms with Crippen LogP contribution >= 0.6 is 0 Å². The van der Waals surface area contributed by atoms with E-state index in [0.29, 0.717) is 18.8 Å². The van der Waals surface area contributed by atoms with Gasteiger partial charge in [0.05, 0.1) is 19.1 Å². The molecule has 3 amide bonds. The highest BCUT2D eigenvalue weighted by molar-refractivity contribution is 5.92. The zero-order valence-electron chi connectivity index (χ0n) is 17.5. The number of nitrogens with one attached hydrogen (secondary N) is 2. The molecule has 31 heavy (non-hydrogen) atoms. The van der Waals surface area contributed by atoms with Crippen LogP contribution in [0.5, 0.6) is 0 Å². The van der Waals surface area contributed by atoms with Crippen LogP contribution in [0.15, 0.2) is 61.2 Å². The first-order valence-corrected chi connectivity index (χ1v) is 10.4. The number of benzene rings is 2. The zero-order valence-corrected chi connectivity index (χ0v) is 17.5. The third-order valence-corrected chi connectivity index (χ3v) is 5.03. The van der Waals surface area contributed by atoms with Crippen LogP contribution in [-0.2, 0) is 22.5 Å². The molecule has 0 aliphatic carbocycles. The second-order valence-electron chi connectivity index (χ2n) is 7.47. The summed E-state index contributed by atoms with van der Waals surface area (Å²) in [5, 5.41) is 5.69. The second-order valence-corrected chi connectivity index (χ2v) is 7.47. The lowest BCUT2D eigenvalue weighted by Crippen LogP contribution is -2.39. The third kappa shape index (κ3) is 6.93. The van der Waals surface area contributed by atoms with Gasteiger partial charge in [-0.15, -0.1) is 6.58 Å². The smallest absolute Gasteiger partial charge is 0.322 e. The number of amides is 3. The molecule has 0 aromatic heterocycles. The largest absolute Gasteiger partial charge is 0.376 e. The average Bonchev–Trinajstić information content (AvgIpc) is 3.29. The average molecular weight is 426 g/mol. The summed E-state index contributed by atoms with van der Waals surface area (Å²) in [7, 11) is 0. The molecule has 1 aliphatic rings. The predicted molar refractivity (Wildman–Crippen MR) is 118 cm³/mol. The number of hydrogen-bond acceptors (Lipinski definition) is 3. The van der Waals surface area contributed by atoms with Gasteiger partial charge in [-0.05, 0) is 48.2 Å². The van der Waals surface area contributed by atoms with Crippen LogP contribution in [0.3, 0.4) is 0 Å². The lowest BCUT2D eigenvalue weighted by molar-refractivity contribution is -0.120. The molecule has 1 heterocycles. The van der Waals surface area contributed by atoms with Crippen LogP contribution in [0, 0.1) is 5.82 Å². The molecule has 0 saturated carbocycles. The van der Waals surface area contributed by atoms with Crippen molar-refractivity contribution >= 4 is 17.6 Å². The first-order valence-electron chi connectivity index (χ1n) is 10.4. The van der Waals surface area contributed by atoms with Crippen molar-refractivity contribution in [3.05, 3.63) is 78.1 Å². The quantitative estimate of drug-likeness (QED) is 0.604. The van der Waals surface area contributed by atoms with Crippen molar-refractivity contribution in [2.75, 3.05) is 24.6 Å². The molecule has 1 unspecified atom stereocenters. The lowest BCUT2D eigenvalue weighted by Gasteiger charge is -2.24. The standard InChI is InChI=1S/C24H28FN3O3/c1-2-12-26-24(30)28(17-18-8-10-20(25)11-9-18)21-6-3-5-19(14-21)15-23(29)27-16-22-7-4-13-31-22/h2-3,5-6,8-11,14,22H,1,4,7,12-13,15-17H2,(H,26,30)(H,27,29). The van der Waals surface area contributed by atoms with Crippen molar-refractivity contribution in [1.82, 2.24) is 10.6 Å². The summed E-state index contributed by atoms with van der Waals surface area (Å²) >= 11 is 0. The van der Waals surface area contributed by atoms with E-state index in [-0.39, 0.29) is 36.8 Å². The molecule has 1 fully saturated rings. The summed E-state index contributed by atoms with van der Waals surface area (Å²) in [4.78, 5) is 26.7. The Morgan fingerprint density at radius 2 is 1.97 bits per heavy atom. The molecule has 7 heteroatoms. The first kappa shape index (κ1) is 22.5. The molecule has 1 aliphatic heterocycles. The number of nitrogens with zero attached hydrogens (tertiary/aromatic N) is 1. The van der Waals surface area contributed by atoms with Gasteiger partial charge in [-0.1, -0.05) is 30.3 Å². The lowest BCUT2D eigenvalue weighted by atomic mass is 10.1. The maximum absolute atomic E-state index is 13.3. The highest BCUT2D eigenvalue weighted by Crippen LogP contribution is 2.20. The van der Waals surface area contributed by atoms with Crippen LogP contribution in [0.4, 0.5) is 14.9 Å². The summed E-state index contributed by atoms with van der Waals surface area (Å²) in [6.45, 7) is 5.47. The number of rotatable bonds is 9. The monoisotopic (exact) mass is 425 g/mol. The van der Waals surface area contributed by atoms with Gasteiger partial charge < -0.3 is 15.4 Å². The van der Waals surface area contributed by atoms with E-state index in [9.17, 15) is 14.0 Å². The predicted octanol–water partition coefficient (Wildman–Crippen LogP) is 3.57. The van der Waals surface area contributed by atoms with E-state index in [4.69, 9.17) is 4.74 Å². The van der Waals surface area contributed by atoms with Crippen LogP contribution in [-0.4, -0.2) is 37.7 Å². The molecule has 0 spiro atoms. The third-order valence-electron chi connectivity index (χ3n) is 5.03. The fourth-order valence-electron chi connectivity index (χ4n) is 3.42. The second kappa shape index (κ2) is 11.3. The molecule has 1 saturated heterocycles. The molecule has 2 N–H and O–H groups in total. The van der Waals surface area contributed by atoms with Crippen molar-refractivity contribution in [2.45, 2.75) is 31.9 Å². The molecule has 6 nitrogen and oxygen atoms in total. The van der Waals surface area contributed by atoms with Crippen LogP contribution < -0.4 is 15.5 Å². The minimum Gasteiger partial charge on any atom is -0.376 e. The number of carbonyl (C=O) groups is 2. The molecule has 2 aromatic carbocycles. The number of anilines is 1. The minimum atomic E-state index is -0.331. The van der Waals surface area contributed by atoms with Gasteiger partial charge in [0, 0.05) is 25.4 Å². The number of ether oxygens (including phenoxy) is 1. The summed E-state index contributed by atoms with van der Waals surface area (Å²) < 4.78 is 18.8. The number of hydrogen-bond donors (Lipinski definition) is 2. The van der Waals surface area contributed by atoms with E-state index >= 15 is 0 Å². The van der Waals surface area contributed by atoms with Gasteiger partial charge in [0.1, 0.15) is 5.82 Å². The Labute approximate surface area is 182 Å². The molecule has 0 radical (unpaired) electrons. The Balaban J connectivity index is 1.70. The maximum Gasteiger partial charge on any atom is 0.322 e. The zero-order chi connectivity index (χ0) is 22.1. The van der Waals surface area contributed by atoms with E-state index in [2.05, 4.69) is 17.2 Å². The number of urea groups is 1. The maximum atomic E-state index is 13.3. The van der Waals surface area contributed by atoms with Gasteiger partial charge in [0.15, 0.2) is 0 Å². The Morgan fingerprint density at radius 3 is 2.68 bits per heavy atom. The summed E-state index contributed by atoms with van der Waals surface area (Å²) in [5.74, 6) is -0.420. The molecule has 2 aromatic rings. The molecule has 1 atom stereocenters. The molecule has 3 rings (SSSR count). The summed E-state index contributed by atoms with van der Waals surface area (Å²) in [6, 6.07) is 13.0. The topological polar surface area (TPSA) is 70.7 Å². The minimum absolute atomic E-state index is 0.0890. The highest BCUT2D eigenvalue weighted by atomic mass is 19.1. The van der Waals surface area contributed by atoms with Gasteiger partial charge in [-0.2, -0.15) is 0 Å². The summed E-state index contributed by atoms with van der Waals surface area (Å²) in [6.07, 6.45) is 3.89. The van der Waals surface area contributed by atoms with Crippen LogP contribution in [0.2, 0.25) is 0 Å². The van der Waals surface area contributed by atoms with Crippen molar-refractivity contribution < 1.29 is 18.7 Å². The SMILES string of the molecule is C=CCNC(=O)N(Cc1ccc(F)cc1)c1cccc(CC(=O)NCC2CCCO2)c1.